The van der Waals surface area contributed by atoms with Gasteiger partial charge in [-0.1, -0.05) is 6.07 Å². The van der Waals surface area contributed by atoms with E-state index in [4.69, 9.17) is 10.5 Å². The summed E-state index contributed by atoms with van der Waals surface area (Å²) in [5, 5.41) is 5.24. The highest BCUT2D eigenvalue weighted by Crippen LogP contribution is 2.24. The van der Waals surface area contributed by atoms with Gasteiger partial charge < -0.3 is 21.1 Å². The Hall–Kier alpha value is -2.24. The molecule has 1 rings (SSSR count). The van der Waals surface area contributed by atoms with Crippen LogP contribution < -0.4 is 21.1 Å². The molecule has 0 saturated carbocycles. The highest BCUT2D eigenvalue weighted by Gasteiger charge is 2.12. The lowest BCUT2D eigenvalue weighted by Gasteiger charge is -2.10. The van der Waals surface area contributed by atoms with Gasteiger partial charge in [-0.15, -0.1) is 0 Å². The van der Waals surface area contributed by atoms with Gasteiger partial charge in [-0.3, -0.25) is 9.59 Å². The quantitative estimate of drug-likeness (QED) is 0.512. The molecule has 0 fully saturated rings. The number of anilines is 1. The van der Waals surface area contributed by atoms with E-state index < -0.39 is 0 Å². The normalized spacial score (nSPS) is 9.67. The number of nitrogen functional groups attached to an aromatic ring is 1. The first-order valence-corrected chi connectivity index (χ1v) is 5.51. The highest BCUT2D eigenvalue weighted by molar-refractivity contribution is 6.00. The lowest BCUT2D eigenvalue weighted by molar-refractivity contribution is -0.118. The molecule has 0 unspecified atom stereocenters. The Morgan fingerprint density at radius 2 is 1.94 bits per heavy atom. The number of methoxy groups -OCH3 is 1. The lowest BCUT2D eigenvalue weighted by atomic mass is 10.1. The van der Waals surface area contributed by atoms with Crippen LogP contribution in [0.5, 0.6) is 5.75 Å². The van der Waals surface area contributed by atoms with Crippen LogP contribution in [-0.4, -0.2) is 32.0 Å². The summed E-state index contributed by atoms with van der Waals surface area (Å²) in [6.45, 7) is 2.14. The number of ether oxygens (including phenoxy) is 1. The molecule has 0 aliphatic carbocycles. The van der Waals surface area contributed by atoms with E-state index in [1.807, 2.05) is 0 Å². The largest absolute Gasteiger partial charge is 0.495 e. The molecule has 4 N–H and O–H groups in total. The van der Waals surface area contributed by atoms with Crippen molar-refractivity contribution in [2.24, 2.45) is 0 Å². The summed E-state index contributed by atoms with van der Waals surface area (Å²) in [6, 6.07) is 4.99. The van der Waals surface area contributed by atoms with Crippen molar-refractivity contribution in [3.63, 3.8) is 0 Å². The fourth-order valence-electron chi connectivity index (χ4n) is 1.43. The van der Waals surface area contributed by atoms with Crippen molar-refractivity contribution in [3.05, 3.63) is 23.8 Å². The second kappa shape index (κ2) is 6.48. The minimum atomic E-state index is -0.295. The van der Waals surface area contributed by atoms with Crippen molar-refractivity contribution in [2.75, 3.05) is 25.9 Å². The Kier molecular flexibility index (Phi) is 4.98. The SMILES string of the molecule is COc1cccc(C(=O)NCCNC(C)=O)c1N. The van der Waals surface area contributed by atoms with Gasteiger partial charge in [0.25, 0.3) is 5.91 Å². The molecule has 0 aromatic heterocycles. The van der Waals surface area contributed by atoms with Gasteiger partial charge in [0.1, 0.15) is 5.75 Å². The number of para-hydroxylation sites is 1. The number of amides is 2. The number of benzene rings is 1. The van der Waals surface area contributed by atoms with Crippen molar-refractivity contribution >= 4 is 17.5 Å². The van der Waals surface area contributed by atoms with Gasteiger partial charge >= 0.3 is 0 Å². The van der Waals surface area contributed by atoms with E-state index in [0.717, 1.165) is 0 Å². The molecule has 0 bridgehead atoms. The van der Waals surface area contributed by atoms with Crippen molar-refractivity contribution in [1.82, 2.24) is 10.6 Å². The maximum absolute atomic E-state index is 11.8. The van der Waals surface area contributed by atoms with Gasteiger partial charge in [-0.2, -0.15) is 0 Å². The summed E-state index contributed by atoms with van der Waals surface area (Å²) < 4.78 is 5.03. The predicted octanol–water partition coefficient (Wildman–Crippen LogP) is 0.143. The van der Waals surface area contributed by atoms with Crippen molar-refractivity contribution < 1.29 is 14.3 Å². The van der Waals surface area contributed by atoms with Crippen molar-refractivity contribution in [1.29, 1.82) is 0 Å². The third-order valence-corrected chi connectivity index (χ3v) is 2.32. The summed E-state index contributed by atoms with van der Waals surface area (Å²) in [6.07, 6.45) is 0. The highest BCUT2D eigenvalue weighted by atomic mass is 16.5. The fourth-order valence-corrected chi connectivity index (χ4v) is 1.43. The number of nitrogens with one attached hydrogen (secondary N) is 2. The average Bonchev–Trinajstić information content (AvgIpc) is 2.34. The molecule has 6 heteroatoms. The minimum Gasteiger partial charge on any atom is -0.495 e. The average molecular weight is 251 g/mol. The predicted molar refractivity (Wildman–Crippen MR) is 68.4 cm³/mol. The zero-order valence-electron chi connectivity index (χ0n) is 10.4. The number of hydrogen-bond acceptors (Lipinski definition) is 4. The molecule has 0 heterocycles. The third kappa shape index (κ3) is 3.65. The van der Waals surface area contributed by atoms with E-state index in [2.05, 4.69) is 10.6 Å². The molecule has 1 aromatic rings. The number of carbonyl (C=O) groups is 2. The fraction of sp³-hybridized carbons (Fsp3) is 0.333. The van der Waals surface area contributed by atoms with Crippen LogP contribution in [0.3, 0.4) is 0 Å². The van der Waals surface area contributed by atoms with Gasteiger partial charge in [0.05, 0.1) is 18.4 Å². The second-order valence-corrected chi connectivity index (χ2v) is 3.66. The molecule has 0 atom stereocenters. The summed E-state index contributed by atoms with van der Waals surface area (Å²) in [5.41, 5.74) is 6.45. The third-order valence-electron chi connectivity index (χ3n) is 2.32. The van der Waals surface area contributed by atoms with E-state index in [1.54, 1.807) is 18.2 Å². The van der Waals surface area contributed by atoms with Gasteiger partial charge in [0.15, 0.2) is 0 Å². The van der Waals surface area contributed by atoms with Crippen LogP contribution in [-0.2, 0) is 4.79 Å². The van der Waals surface area contributed by atoms with Gasteiger partial charge in [0, 0.05) is 20.0 Å². The molecule has 18 heavy (non-hydrogen) atoms. The summed E-state index contributed by atoms with van der Waals surface area (Å²) in [4.78, 5) is 22.5. The van der Waals surface area contributed by atoms with E-state index in [1.165, 1.54) is 14.0 Å². The molecule has 0 saturated heterocycles. The molecule has 1 aromatic carbocycles. The zero-order chi connectivity index (χ0) is 13.5. The maximum Gasteiger partial charge on any atom is 0.253 e. The Balaban J connectivity index is 2.59. The Morgan fingerprint density at radius 3 is 2.56 bits per heavy atom. The zero-order valence-corrected chi connectivity index (χ0v) is 10.4. The van der Waals surface area contributed by atoms with E-state index in [9.17, 15) is 9.59 Å². The Bertz CT molecular complexity index is 446. The lowest BCUT2D eigenvalue weighted by Crippen LogP contribution is -2.33. The first-order valence-electron chi connectivity index (χ1n) is 5.51. The summed E-state index contributed by atoms with van der Waals surface area (Å²) >= 11 is 0. The van der Waals surface area contributed by atoms with E-state index in [-0.39, 0.29) is 11.8 Å². The topological polar surface area (TPSA) is 93.5 Å². The van der Waals surface area contributed by atoms with Crippen LogP contribution in [0.2, 0.25) is 0 Å². The van der Waals surface area contributed by atoms with Crippen LogP contribution in [0.15, 0.2) is 18.2 Å². The minimum absolute atomic E-state index is 0.134. The number of rotatable bonds is 5. The second-order valence-electron chi connectivity index (χ2n) is 3.66. The van der Waals surface area contributed by atoms with Gasteiger partial charge in [0.2, 0.25) is 5.91 Å². The summed E-state index contributed by atoms with van der Waals surface area (Å²) in [5.74, 6) is 0.0337. The van der Waals surface area contributed by atoms with Gasteiger partial charge in [-0.05, 0) is 12.1 Å². The molecule has 0 spiro atoms. The van der Waals surface area contributed by atoms with E-state index in [0.29, 0.717) is 30.1 Å². The van der Waals surface area contributed by atoms with Crippen LogP contribution in [0, 0.1) is 0 Å². The monoisotopic (exact) mass is 251 g/mol. The van der Waals surface area contributed by atoms with Crippen LogP contribution >= 0.6 is 0 Å². The van der Waals surface area contributed by atoms with Crippen LogP contribution in [0.4, 0.5) is 5.69 Å². The molecule has 0 radical (unpaired) electrons. The number of hydrogen-bond donors (Lipinski definition) is 3. The molecule has 0 aliphatic heterocycles. The Morgan fingerprint density at radius 1 is 1.28 bits per heavy atom. The maximum atomic E-state index is 11.8. The molecule has 0 aliphatic rings. The molecule has 6 nitrogen and oxygen atoms in total. The standard InChI is InChI=1S/C12H17N3O3/c1-8(16)14-6-7-15-12(17)9-4-3-5-10(18-2)11(9)13/h3-5H,6-7,13H2,1-2H3,(H,14,16)(H,15,17). The van der Waals surface area contributed by atoms with Crippen molar-refractivity contribution in [3.8, 4) is 5.75 Å². The number of nitrogens with two attached hydrogens (primary N) is 1. The van der Waals surface area contributed by atoms with Crippen molar-refractivity contribution in [2.45, 2.75) is 6.92 Å². The molecular formula is C12H17N3O3. The summed E-state index contributed by atoms with van der Waals surface area (Å²) in [7, 11) is 1.49. The number of carbonyl (C=O) groups excluding carboxylic acids is 2. The van der Waals surface area contributed by atoms with Gasteiger partial charge in [-0.25, -0.2) is 0 Å². The molecule has 2 amide bonds. The van der Waals surface area contributed by atoms with E-state index >= 15 is 0 Å². The molecular weight excluding hydrogens is 234 g/mol. The van der Waals surface area contributed by atoms with Crippen LogP contribution in [0.25, 0.3) is 0 Å². The first kappa shape index (κ1) is 13.8. The first-order chi connectivity index (χ1) is 8.56. The Labute approximate surface area is 105 Å². The van der Waals surface area contributed by atoms with Crippen LogP contribution in [0.1, 0.15) is 17.3 Å². The smallest absolute Gasteiger partial charge is 0.253 e. The molecule has 98 valence electrons.